The van der Waals surface area contributed by atoms with Crippen LogP contribution in [0.1, 0.15) is 17.0 Å². The maximum absolute atomic E-state index is 9.00. The van der Waals surface area contributed by atoms with Crippen LogP contribution in [-0.4, -0.2) is 7.05 Å². The number of nitrogens with zero attached hydrogens (tertiary/aromatic N) is 2. The molecule has 2 rings (SSSR count). The predicted octanol–water partition coefficient (Wildman–Crippen LogP) is 2.57. The van der Waals surface area contributed by atoms with E-state index in [1.807, 2.05) is 31.1 Å². The van der Waals surface area contributed by atoms with E-state index in [0.717, 1.165) is 11.3 Å². The number of aryl methyl sites for hydroxylation is 1. The van der Waals surface area contributed by atoms with E-state index in [0.29, 0.717) is 0 Å². The summed E-state index contributed by atoms with van der Waals surface area (Å²) in [5.41, 5.74) is 3.44. The minimum absolute atomic E-state index is 0.0962. The van der Waals surface area contributed by atoms with Gasteiger partial charge in [0.2, 0.25) is 0 Å². The molecule has 0 bridgehead atoms. The van der Waals surface area contributed by atoms with Gasteiger partial charge in [-0.25, -0.2) is 0 Å². The summed E-state index contributed by atoms with van der Waals surface area (Å²) in [6.45, 7) is 2.05. The number of benzene rings is 1. The van der Waals surface area contributed by atoms with Gasteiger partial charge >= 0.3 is 0 Å². The van der Waals surface area contributed by atoms with Crippen molar-refractivity contribution in [1.82, 2.24) is 0 Å². The molecule has 0 N–H and O–H groups in total. The molecule has 2 heteroatoms. The van der Waals surface area contributed by atoms with Crippen LogP contribution in [0.2, 0.25) is 0 Å². The van der Waals surface area contributed by atoms with Crippen LogP contribution >= 0.6 is 0 Å². The van der Waals surface area contributed by atoms with Gasteiger partial charge in [-0.1, -0.05) is 17.7 Å². The minimum atomic E-state index is -0.0962. The van der Waals surface area contributed by atoms with Crippen LogP contribution in [0.5, 0.6) is 0 Å². The number of rotatable bonds is 0. The molecule has 1 heterocycles. The number of hydrogen-bond acceptors (Lipinski definition) is 2. The largest absolute Gasteiger partial charge is 0.351 e. The van der Waals surface area contributed by atoms with Gasteiger partial charge in [0.15, 0.2) is 0 Å². The maximum atomic E-state index is 9.00. The van der Waals surface area contributed by atoms with Crippen LogP contribution in [0.15, 0.2) is 30.5 Å². The lowest BCUT2D eigenvalue weighted by Crippen LogP contribution is -2.16. The Morgan fingerprint density at radius 1 is 1.43 bits per heavy atom. The first-order valence-electron chi connectivity index (χ1n) is 4.63. The Balaban J connectivity index is 2.58. The van der Waals surface area contributed by atoms with E-state index in [2.05, 4.69) is 24.3 Å². The molecule has 1 aliphatic heterocycles. The first kappa shape index (κ1) is 8.83. The van der Waals surface area contributed by atoms with Crippen LogP contribution in [0.4, 0.5) is 5.69 Å². The molecule has 0 saturated carbocycles. The van der Waals surface area contributed by atoms with Gasteiger partial charge in [-0.05, 0) is 24.6 Å². The molecule has 0 saturated heterocycles. The zero-order valence-electron chi connectivity index (χ0n) is 8.36. The Labute approximate surface area is 84.1 Å². The first-order chi connectivity index (χ1) is 6.72. The minimum Gasteiger partial charge on any atom is -0.351 e. The molecule has 0 aliphatic carbocycles. The van der Waals surface area contributed by atoms with E-state index in [1.54, 1.807) is 0 Å². The fourth-order valence-corrected chi connectivity index (χ4v) is 1.76. The van der Waals surface area contributed by atoms with Gasteiger partial charge in [0, 0.05) is 18.9 Å². The van der Waals surface area contributed by atoms with Crippen molar-refractivity contribution in [2.75, 3.05) is 11.9 Å². The number of allylic oxidation sites excluding steroid dienone is 1. The lowest BCUT2D eigenvalue weighted by atomic mass is 9.94. The topological polar surface area (TPSA) is 27.0 Å². The molecule has 0 radical (unpaired) electrons. The Hall–Kier alpha value is -1.75. The van der Waals surface area contributed by atoms with Crippen LogP contribution in [-0.2, 0) is 0 Å². The first-order valence-corrected chi connectivity index (χ1v) is 4.63. The summed E-state index contributed by atoms with van der Waals surface area (Å²) in [5.74, 6) is -0.0962. The summed E-state index contributed by atoms with van der Waals surface area (Å²) in [7, 11) is 2.00. The standard InChI is InChI=1S/C12H12N2/c1-9-3-4-12-11(7-9)10(8-13)5-6-14(12)2/h3-7,10H,1-2H3. The Morgan fingerprint density at radius 3 is 2.93 bits per heavy atom. The normalized spacial score (nSPS) is 18.9. The third-order valence-electron chi connectivity index (χ3n) is 2.54. The molecule has 0 amide bonds. The summed E-state index contributed by atoms with van der Waals surface area (Å²) < 4.78 is 0. The van der Waals surface area contributed by atoms with Crippen molar-refractivity contribution >= 4 is 5.69 Å². The molecule has 1 aromatic carbocycles. The average Bonchev–Trinajstić information content (AvgIpc) is 2.18. The molecule has 2 nitrogen and oxygen atoms in total. The van der Waals surface area contributed by atoms with Gasteiger partial charge < -0.3 is 4.90 Å². The molecule has 0 fully saturated rings. The van der Waals surface area contributed by atoms with Crippen molar-refractivity contribution in [2.24, 2.45) is 0 Å². The van der Waals surface area contributed by atoms with Crippen LogP contribution in [0.3, 0.4) is 0 Å². The summed E-state index contributed by atoms with van der Waals surface area (Å²) in [5, 5.41) is 9.00. The molecule has 70 valence electrons. The molecule has 0 spiro atoms. The van der Waals surface area contributed by atoms with Crippen molar-refractivity contribution in [3.8, 4) is 6.07 Å². The van der Waals surface area contributed by atoms with E-state index >= 15 is 0 Å². The summed E-state index contributed by atoms with van der Waals surface area (Å²) >= 11 is 0. The monoisotopic (exact) mass is 184 g/mol. The second-order valence-electron chi connectivity index (χ2n) is 3.62. The van der Waals surface area contributed by atoms with Gasteiger partial charge in [-0.3, -0.25) is 0 Å². The molecular formula is C12H12N2. The predicted molar refractivity (Wildman–Crippen MR) is 57.1 cm³/mol. The van der Waals surface area contributed by atoms with E-state index < -0.39 is 0 Å². The highest BCUT2D eigenvalue weighted by Crippen LogP contribution is 2.32. The van der Waals surface area contributed by atoms with Crippen molar-refractivity contribution < 1.29 is 0 Å². The van der Waals surface area contributed by atoms with Gasteiger partial charge in [0.05, 0.1) is 12.0 Å². The summed E-state index contributed by atoms with van der Waals surface area (Å²) in [6, 6.07) is 8.52. The highest BCUT2D eigenvalue weighted by atomic mass is 15.1. The molecule has 1 aliphatic rings. The number of anilines is 1. The molecule has 14 heavy (non-hydrogen) atoms. The Bertz CT molecular complexity index is 426. The fourth-order valence-electron chi connectivity index (χ4n) is 1.76. The SMILES string of the molecule is Cc1ccc2c(c1)C(C#N)C=CN2C. The van der Waals surface area contributed by atoms with Gasteiger partial charge in [-0.2, -0.15) is 5.26 Å². The van der Waals surface area contributed by atoms with Gasteiger partial charge in [0.1, 0.15) is 0 Å². The van der Waals surface area contributed by atoms with Crippen molar-refractivity contribution in [1.29, 1.82) is 5.26 Å². The second-order valence-corrected chi connectivity index (χ2v) is 3.62. The fraction of sp³-hybridized carbons (Fsp3) is 0.250. The van der Waals surface area contributed by atoms with E-state index in [4.69, 9.17) is 5.26 Å². The van der Waals surface area contributed by atoms with Gasteiger partial charge in [0.25, 0.3) is 0 Å². The highest BCUT2D eigenvalue weighted by Gasteiger charge is 2.18. The lowest BCUT2D eigenvalue weighted by molar-refractivity contribution is 1.00. The van der Waals surface area contributed by atoms with E-state index in [-0.39, 0.29) is 5.92 Å². The zero-order valence-corrected chi connectivity index (χ0v) is 8.36. The van der Waals surface area contributed by atoms with E-state index in [1.165, 1.54) is 5.56 Å². The Kier molecular flexibility index (Phi) is 2.01. The summed E-state index contributed by atoms with van der Waals surface area (Å²) in [6.07, 6.45) is 3.88. The van der Waals surface area contributed by atoms with Crippen LogP contribution in [0, 0.1) is 18.3 Å². The quantitative estimate of drug-likeness (QED) is 0.619. The number of fused-ring (bicyclic) bond motifs is 1. The third kappa shape index (κ3) is 1.27. The van der Waals surface area contributed by atoms with Crippen LogP contribution in [0.25, 0.3) is 0 Å². The molecular weight excluding hydrogens is 172 g/mol. The average molecular weight is 184 g/mol. The zero-order chi connectivity index (χ0) is 10.1. The maximum Gasteiger partial charge on any atom is 0.0930 e. The van der Waals surface area contributed by atoms with Crippen molar-refractivity contribution in [3.63, 3.8) is 0 Å². The molecule has 1 unspecified atom stereocenters. The second kappa shape index (κ2) is 3.19. The smallest absolute Gasteiger partial charge is 0.0930 e. The molecule has 1 aromatic rings. The summed E-state index contributed by atoms with van der Waals surface area (Å²) in [4.78, 5) is 2.04. The number of nitriles is 1. The Morgan fingerprint density at radius 2 is 2.21 bits per heavy atom. The molecule has 0 aromatic heterocycles. The molecule has 1 atom stereocenters. The van der Waals surface area contributed by atoms with Crippen molar-refractivity contribution in [3.05, 3.63) is 41.6 Å². The highest BCUT2D eigenvalue weighted by molar-refractivity contribution is 5.62. The lowest BCUT2D eigenvalue weighted by Gasteiger charge is -2.24. The van der Waals surface area contributed by atoms with Crippen molar-refractivity contribution in [2.45, 2.75) is 12.8 Å². The van der Waals surface area contributed by atoms with Crippen LogP contribution < -0.4 is 4.90 Å². The number of hydrogen-bond donors (Lipinski definition) is 0. The van der Waals surface area contributed by atoms with E-state index in [9.17, 15) is 0 Å². The van der Waals surface area contributed by atoms with Gasteiger partial charge in [-0.15, -0.1) is 0 Å². The third-order valence-corrected chi connectivity index (χ3v) is 2.54.